The van der Waals surface area contributed by atoms with Crippen molar-refractivity contribution in [2.24, 2.45) is 0 Å². The number of nitrogens with one attached hydrogen (secondary N) is 2. The van der Waals surface area contributed by atoms with E-state index in [0.29, 0.717) is 56.2 Å². The van der Waals surface area contributed by atoms with Gasteiger partial charge in [0, 0.05) is 69.6 Å². The summed E-state index contributed by atoms with van der Waals surface area (Å²) < 4.78 is 117. The Bertz CT molecular complexity index is 4840. The number of nitrogens with zero attached hydrogens (tertiary/aromatic N) is 6. The van der Waals surface area contributed by atoms with E-state index in [1.54, 1.807) is 50.1 Å². The van der Waals surface area contributed by atoms with Crippen LogP contribution in [-0.4, -0.2) is 155 Å². The first kappa shape index (κ1) is 58.7. The van der Waals surface area contributed by atoms with Crippen LogP contribution in [0.5, 0.6) is 0 Å². The molecule has 0 spiro atoms. The van der Waals surface area contributed by atoms with E-state index in [-0.39, 0.29) is 61.6 Å². The molecular weight excluding hydrogens is 1140 g/mol. The third-order valence-corrected chi connectivity index (χ3v) is 16.0. The minimum atomic E-state index is -4.21. The number of carbonyl (C=O) groups is 2. The minimum absolute atomic E-state index is 0.0712. The molecule has 0 aliphatic rings. The summed E-state index contributed by atoms with van der Waals surface area (Å²) in [5, 5.41) is 15.4. The van der Waals surface area contributed by atoms with Gasteiger partial charge in [-0.15, -0.1) is 25.3 Å². The molecule has 11 aromatic rings. The van der Waals surface area contributed by atoms with Crippen LogP contribution >= 0.6 is 0 Å². The Hall–Kier alpha value is -7.96. The molecule has 0 bridgehead atoms. The molecule has 0 saturated carbocycles. The van der Waals surface area contributed by atoms with Gasteiger partial charge in [0.05, 0.1) is 33.6 Å². The number of hydrogen-bond donors (Lipinski definition) is 4. The highest BCUT2D eigenvalue weighted by atomic mass is 32.2. The van der Waals surface area contributed by atoms with Crippen LogP contribution in [0.2, 0.25) is 0 Å². The first-order valence-corrected chi connectivity index (χ1v) is 31.0. The maximum absolute atomic E-state index is 14.7. The number of rotatable bonds is 20. The predicted molar refractivity (Wildman–Crippen MR) is 310 cm³/mol. The molecule has 428 valence electrons. The number of pyridine rings is 2. The third-order valence-electron chi connectivity index (χ3n) is 14.3. The maximum atomic E-state index is 14.7. The average Bonchev–Trinajstić information content (AvgIpc) is 4.13. The quantitative estimate of drug-likeness (QED) is 0.0457. The van der Waals surface area contributed by atoms with Gasteiger partial charge in [-0.1, -0.05) is 38.1 Å². The van der Waals surface area contributed by atoms with Gasteiger partial charge in [0.2, 0.25) is 0 Å². The molecule has 82 heavy (non-hydrogen) atoms. The van der Waals surface area contributed by atoms with Crippen molar-refractivity contribution in [1.82, 2.24) is 39.2 Å². The number of carbonyl (C=O) groups excluding carboxylic acids is 2. The summed E-state index contributed by atoms with van der Waals surface area (Å²) in [6.07, 6.45) is 2.22. The summed E-state index contributed by atoms with van der Waals surface area (Å²) in [6.45, 7) is 8.23. The number of imidazole rings is 2. The van der Waals surface area contributed by atoms with Gasteiger partial charge in [-0.2, -0.15) is 16.8 Å². The Labute approximate surface area is 469 Å². The molecule has 0 aliphatic carbocycles. The second-order valence-electron chi connectivity index (χ2n) is 19.6. The number of aromatic nitrogens is 4. The highest BCUT2D eigenvalue weighted by molar-refractivity contribution is 7.86. The van der Waals surface area contributed by atoms with E-state index in [9.17, 15) is 36.0 Å². The number of amides is 2. The van der Waals surface area contributed by atoms with Crippen LogP contribution in [0, 0.1) is 0 Å². The second-order valence-corrected chi connectivity index (χ2v) is 23.5. The zero-order valence-corrected chi connectivity index (χ0v) is 47.2. The van der Waals surface area contributed by atoms with Gasteiger partial charge in [-0.25, -0.2) is 9.97 Å². The maximum Gasteiger partial charge on any atom is 0.425 e. The SMILES string of the molecule is CCCN(CCC)CCNC(=O)c1ccc2nc3c4ccc5c6ccc7c8c(ccc(c9ccc(c(=O)n3c2c1)c4c95)c68)c(=O)n1c2ccc(C(=O)NCCN(CCCS(=O)(=O)O)CCCS(=O)(=O)O)cc2nc71.O=S(=O)=O.O=S(=O)=O. The Morgan fingerprint density at radius 3 is 1.29 bits per heavy atom. The van der Waals surface area contributed by atoms with E-state index in [1.807, 2.05) is 42.5 Å². The summed E-state index contributed by atoms with van der Waals surface area (Å²) in [6, 6.07) is 25.9. The lowest BCUT2D eigenvalue weighted by molar-refractivity contribution is 0.0940. The van der Waals surface area contributed by atoms with Crippen LogP contribution in [0.15, 0.2) is 94.5 Å². The van der Waals surface area contributed by atoms with E-state index in [1.165, 1.54) is 0 Å². The van der Waals surface area contributed by atoms with Crippen LogP contribution in [0.4, 0.5) is 0 Å². The first-order chi connectivity index (χ1) is 39.0. The van der Waals surface area contributed by atoms with Crippen molar-refractivity contribution in [1.29, 1.82) is 0 Å². The van der Waals surface area contributed by atoms with Gasteiger partial charge in [0.1, 0.15) is 11.3 Å². The highest BCUT2D eigenvalue weighted by Gasteiger charge is 2.25. The molecule has 0 saturated heterocycles. The standard InChI is InChI=1S/C54H52N8O10S2.2O3S/c1-3-21-59(22-4-2)25-19-56-52(64)32-7-17-41-44(30-32)62-49(57-41)37-13-9-33-34-10-14-38-48-39(15-11-35(46(34)48)36-12-16-40(54(62)66)47(37)45(33)36)53(65)61-43-18-8-31(29-42(43)58-50(38)61)51(63)55-20-26-60(23-5-27-73(67,68)69)24-6-28-74(70,71)72;2*1-4(2)3/h7-18,29-30H,3-6,19-28H2,1-2H3,(H,55,63)(H,56,64)(H,67,68,69)(H,70,71,72);;. The molecule has 0 fully saturated rings. The summed E-state index contributed by atoms with van der Waals surface area (Å²) >= 11 is 0. The first-order valence-electron chi connectivity index (χ1n) is 25.8. The van der Waals surface area contributed by atoms with Gasteiger partial charge in [-0.05, 0) is 145 Å². The Kier molecular flexibility index (Phi) is 17.1. The van der Waals surface area contributed by atoms with Crippen molar-refractivity contribution in [3.05, 3.63) is 117 Å². The third kappa shape index (κ3) is 12.0. The normalized spacial score (nSPS) is 12.3. The summed E-state index contributed by atoms with van der Waals surface area (Å²) in [7, 11) is -14.6. The summed E-state index contributed by atoms with van der Waals surface area (Å²) in [5.74, 6) is -1.62. The molecule has 0 atom stereocenters. The largest absolute Gasteiger partial charge is 0.425 e. The topological polar surface area (TPSA) is 345 Å². The Morgan fingerprint density at radius 1 is 0.488 bits per heavy atom. The van der Waals surface area contributed by atoms with E-state index >= 15 is 0 Å². The van der Waals surface area contributed by atoms with Gasteiger partial charge in [0.15, 0.2) is 0 Å². The molecule has 2 amide bonds. The molecule has 28 heteroatoms. The molecule has 0 aliphatic heterocycles. The van der Waals surface area contributed by atoms with Gasteiger partial charge in [-0.3, -0.25) is 37.1 Å². The van der Waals surface area contributed by atoms with Crippen LogP contribution in [0.25, 0.3) is 98.0 Å². The zero-order chi connectivity index (χ0) is 58.9. The molecule has 0 radical (unpaired) electrons. The summed E-state index contributed by atoms with van der Waals surface area (Å²) in [4.78, 5) is 70.3. The van der Waals surface area contributed by atoms with Crippen molar-refractivity contribution < 1.29 is 60.8 Å². The lowest BCUT2D eigenvalue weighted by Crippen LogP contribution is -2.37. The van der Waals surface area contributed by atoms with Crippen molar-refractivity contribution in [3.8, 4) is 0 Å². The predicted octanol–water partition coefficient (Wildman–Crippen LogP) is 4.67. The molecule has 0 unspecified atom stereocenters. The molecular formula is C54H52N8O16S4. The fourth-order valence-corrected chi connectivity index (χ4v) is 12.2. The number of fused-ring (bicyclic) bond motifs is 10. The van der Waals surface area contributed by atoms with Gasteiger partial charge < -0.3 is 20.4 Å². The van der Waals surface area contributed by atoms with Crippen molar-refractivity contribution in [2.45, 2.75) is 39.5 Å². The summed E-state index contributed by atoms with van der Waals surface area (Å²) in [5.41, 5.74) is 3.24. The van der Waals surface area contributed by atoms with E-state index in [4.69, 9.17) is 44.3 Å². The average molecular weight is 1200 g/mol. The Morgan fingerprint density at radius 2 is 0.854 bits per heavy atom. The monoisotopic (exact) mass is 1200 g/mol. The lowest BCUT2D eigenvalue weighted by atomic mass is 9.86. The molecule has 4 N–H and O–H groups in total. The molecule has 24 nitrogen and oxygen atoms in total. The smallest absolute Gasteiger partial charge is 0.351 e. The van der Waals surface area contributed by atoms with E-state index in [2.05, 4.69) is 35.4 Å². The van der Waals surface area contributed by atoms with Gasteiger partial charge in [0.25, 0.3) is 43.2 Å². The van der Waals surface area contributed by atoms with Crippen LogP contribution in [0.3, 0.4) is 0 Å². The van der Waals surface area contributed by atoms with E-state index in [0.717, 1.165) is 86.3 Å². The molecule has 4 aromatic heterocycles. The van der Waals surface area contributed by atoms with E-state index < -0.39 is 58.9 Å². The highest BCUT2D eigenvalue weighted by Crippen LogP contribution is 2.46. The second kappa shape index (κ2) is 23.9. The number of benzene rings is 7. The Balaban J connectivity index is 0.000000952. The minimum Gasteiger partial charge on any atom is -0.351 e. The van der Waals surface area contributed by atoms with Crippen molar-refractivity contribution in [2.75, 3.05) is 63.9 Å². The van der Waals surface area contributed by atoms with Crippen LogP contribution in [0.1, 0.15) is 60.2 Å². The van der Waals surface area contributed by atoms with Gasteiger partial charge >= 0.3 is 21.2 Å². The molecule has 7 aromatic carbocycles. The number of hydrogen-bond acceptors (Lipinski definition) is 18. The van der Waals surface area contributed by atoms with Crippen LogP contribution in [-0.2, 0) is 41.5 Å². The molecule has 4 heterocycles. The molecule has 11 rings (SSSR count). The zero-order valence-electron chi connectivity index (χ0n) is 43.9. The fraction of sp³-hybridized carbons (Fsp3) is 0.296. The van der Waals surface area contributed by atoms with Crippen molar-refractivity contribution >= 4 is 151 Å². The van der Waals surface area contributed by atoms with Crippen molar-refractivity contribution in [3.63, 3.8) is 0 Å². The fourth-order valence-electron chi connectivity index (χ4n) is 11.2. The van der Waals surface area contributed by atoms with Crippen LogP contribution < -0.4 is 21.8 Å². The lowest BCUT2D eigenvalue weighted by Gasteiger charge is -2.22.